The lowest BCUT2D eigenvalue weighted by Gasteiger charge is -2.14. The molecule has 0 fully saturated rings. The highest BCUT2D eigenvalue weighted by Crippen LogP contribution is 2.30. The molecule has 0 heterocycles. The minimum absolute atomic E-state index is 0.143. The number of ether oxygens (including phenoxy) is 1. The van der Waals surface area contributed by atoms with Crippen LogP contribution in [0, 0.1) is 6.92 Å². The van der Waals surface area contributed by atoms with Crippen LogP contribution in [0.2, 0.25) is 0 Å². The first-order valence-corrected chi connectivity index (χ1v) is 7.81. The molecular weight excluding hydrogens is 288 g/mol. The van der Waals surface area contributed by atoms with Crippen LogP contribution in [-0.2, 0) is 10.0 Å². The Morgan fingerprint density at radius 1 is 1.10 bits per heavy atom. The third-order valence-electron chi connectivity index (χ3n) is 2.98. The number of nitrogens with zero attached hydrogens (tertiary/aromatic N) is 1. The Hall–Kier alpha value is -2.05. The predicted molar refractivity (Wildman–Crippen MR) is 83.0 cm³/mol. The van der Waals surface area contributed by atoms with Crippen LogP contribution in [0.15, 0.2) is 47.4 Å². The Kier molecular flexibility index (Phi) is 4.20. The van der Waals surface area contributed by atoms with Gasteiger partial charge in [0, 0.05) is 20.2 Å². The van der Waals surface area contributed by atoms with Crippen molar-refractivity contribution in [2.24, 2.45) is 0 Å². The van der Waals surface area contributed by atoms with E-state index in [4.69, 9.17) is 10.5 Å². The van der Waals surface area contributed by atoms with E-state index in [0.717, 1.165) is 9.87 Å². The molecule has 21 heavy (non-hydrogen) atoms. The van der Waals surface area contributed by atoms with Gasteiger partial charge in [-0.1, -0.05) is 12.1 Å². The van der Waals surface area contributed by atoms with Crippen LogP contribution in [0.3, 0.4) is 0 Å². The molecule has 0 bridgehead atoms. The molecule has 0 saturated carbocycles. The third kappa shape index (κ3) is 3.34. The van der Waals surface area contributed by atoms with E-state index in [1.54, 1.807) is 6.07 Å². The second-order valence-corrected chi connectivity index (χ2v) is 7.06. The molecule has 6 heteroatoms. The number of sulfonamides is 1. The first-order chi connectivity index (χ1) is 9.80. The van der Waals surface area contributed by atoms with Crippen molar-refractivity contribution in [2.75, 3.05) is 19.8 Å². The molecule has 0 saturated heterocycles. The lowest BCUT2D eigenvalue weighted by molar-refractivity contribution is 0.481. The van der Waals surface area contributed by atoms with Crippen LogP contribution < -0.4 is 10.5 Å². The molecule has 0 aliphatic rings. The smallest absolute Gasteiger partial charge is 0.242 e. The maximum atomic E-state index is 12.1. The molecule has 2 aromatic rings. The summed E-state index contributed by atoms with van der Waals surface area (Å²) in [6.45, 7) is 1.95. The van der Waals surface area contributed by atoms with E-state index in [-0.39, 0.29) is 4.90 Å². The summed E-state index contributed by atoms with van der Waals surface area (Å²) >= 11 is 0. The Labute approximate surface area is 125 Å². The van der Waals surface area contributed by atoms with Gasteiger partial charge >= 0.3 is 0 Å². The molecule has 0 aliphatic heterocycles. The molecule has 0 aromatic heterocycles. The van der Waals surface area contributed by atoms with Gasteiger partial charge in [-0.05, 0) is 36.8 Å². The van der Waals surface area contributed by atoms with Crippen molar-refractivity contribution in [2.45, 2.75) is 11.8 Å². The standard InChI is InChI=1S/C15H18N2O3S/c1-11-5-4-6-12(9-11)20-15-10-13(7-8-14(15)16)21(18,19)17(2)3/h4-10H,16H2,1-3H3. The number of rotatable bonds is 4. The van der Waals surface area contributed by atoms with Gasteiger partial charge in [-0.25, -0.2) is 12.7 Å². The average Bonchev–Trinajstić information content (AvgIpc) is 2.41. The molecule has 0 radical (unpaired) electrons. The lowest BCUT2D eigenvalue weighted by atomic mass is 10.2. The molecule has 0 spiro atoms. The second-order valence-electron chi connectivity index (χ2n) is 4.91. The van der Waals surface area contributed by atoms with Crippen LogP contribution in [-0.4, -0.2) is 26.8 Å². The highest BCUT2D eigenvalue weighted by atomic mass is 32.2. The Bertz CT molecular complexity index is 755. The predicted octanol–water partition coefficient (Wildman–Crippen LogP) is 2.62. The van der Waals surface area contributed by atoms with E-state index in [0.29, 0.717) is 17.2 Å². The lowest BCUT2D eigenvalue weighted by Crippen LogP contribution is -2.22. The molecule has 0 aliphatic carbocycles. The van der Waals surface area contributed by atoms with Crippen molar-refractivity contribution in [1.29, 1.82) is 0 Å². The molecular formula is C15H18N2O3S. The zero-order valence-electron chi connectivity index (χ0n) is 12.2. The zero-order valence-corrected chi connectivity index (χ0v) is 13.0. The van der Waals surface area contributed by atoms with Crippen LogP contribution in [0.1, 0.15) is 5.56 Å². The van der Waals surface area contributed by atoms with Gasteiger partial charge in [0.1, 0.15) is 5.75 Å². The van der Waals surface area contributed by atoms with Gasteiger partial charge in [0.25, 0.3) is 0 Å². The fourth-order valence-corrected chi connectivity index (χ4v) is 2.70. The van der Waals surface area contributed by atoms with Crippen molar-refractivity contribution < 1.29 is 13.2 Å². The Morgan fingerprint density at radius 2 is 1.81 bits per heavy atom. The van der Waals surface area contributed by atoms with Crippen LogP contribution in [0.25, 0.3) is 0 Å². The first-order valence-electron chi connectivity index (χ1n) is 6.37. The van der Waals surface area contributed by atoms with Crippen LogP contribution in [0.5, 0.6) is 11.5 Å². The maximum Gasteiger partial charge on any atom is 0.242 e. The second kappa shape index (κ2) is 5.75. The Morgan fingerprint density at radius 3 is 2.43 bits per heavy atom. The minimum Gasteiger partial charge on any atom is -0.455 e. The van der Waals surface area contributed by atoms with E-state index in [2.05, 4.69) is 0 Å². The number of nitrogen functional groups attached to an aromatic ring is 1. The van der Waals surface area contributed by atoms with Crippen LogP contribution >= 0.6 is 0 Å². The zero-order chi connectivity index (χ0) is 15.6. The quantitative estimate of drug-likeness (QED) is 0.881. The largest absolute Gasteiger partial charge is 0.455 e. The summed E-state index contributed by atoms with van der Waals surface area (Å²) in [6.07, 6.45) is 0. The van der Waals surface area contributed by atoms with Gasteiger partial charge in [0.05, 0.1) is 10.6 Å². The fraction of sp³-hybridized carbons (Fsp3) is 0.200. The summed E-state index contributed by atoms with van der Waals surface area (Å²) < 4.78 is 31.1. The Balaban J connectivity index is 2.41. The number of hydrogen-bond donors (Lipinski definition) is 1. The molecule has 0 amide bonds. The molecule has 0 atom stereocenters. The van der Waals surface area contributed by atoms with Gasteiger partial charge in [-0.2, -0.15) is 0 Å². The number of benzene rings is 2. The van der Waals surface area contributed by atoms with Gasteiger partial charge in [-0.15, -0.1) is 0 Å². The van der Waals surface area contributed by atoms with Crippen molar-refractivity contribution in [3.05, 3.63) is 48.0 Å². The molecule has 5 nitrogen and oxygen atoms in total. The number of hydrogen-bond acceptors (Lipinski definition) is 4. The number of aryl methyl sites for hydroxylation is 1. The first kappa shape index (κ1) is 15.3. The fourth-order valence-electron chi connectivity index (χ4n) is 1.78. The molecule has 2 aromatic carbocycles. The van der Waals surface area contributed by atoms with E-state index in [9.17, 15) is 8.42 Å². The number of nitrogens with two attached hydrogens (primary N) is 1. The average molecular weight is 306 g/mol. The van der Waals surface area contributed by atoms with E-state index >= 15 is 0 Å². The van der Waals surface area contributed by atoms with Crippen molar-refractivity contribution >= 4 is 15.7 Å². The summed E-state index contributed by atoms with van der Waals surface area (Å²) in [5.41, 5.74) is 7.29. The highest BCUT2D eigenvalue weighted by molar-refractivity contribution is 7.89. The van der Waals surface area contributed by atoms with Crippen molar-refractivity contribution in [3.63, 3.8) is 0 Å². The van der Waals surface area contributed by atoms with Crippen LogP contribution in [0.4, 0.5) is 5.69 Å². The highest BCUT2D eigenvalue weighted by Gasteiger charge is 2.19. The molecule has 2 N–H and O–H groups in total. The molecule has 2 rings (SSSR count). The third-order valence-corrected chi connectivity index (χ3v) is 4.79. The van der Waals surface area contributed by atoms with E-state index in [1.807, 2.05) is 25.1 Å². The van der Waals surface area contributed by atoms with Crippen molar-refractivity contribution in [3.8, 4) is 11.5 Å². The van der Waals surface area contributed by atoms with Gasteiger partial charge in [0.2, 0.25) is 10.0 Å². The maximum absolute atomic E-state index is 12.1. The SMILES string of the molecule is Cc1cccc(Oc2cc(S(=O)(=O)N(C)C)ccc2N)c1. The van der Waals surface area contributed by atoms with Crippen molar-refractivity contribution in [1.82, 2.24) is 4.31 Å². The van der Waals surface area contributed by atoms with Gasteiger partial charge < -0.3 is 10.5 Å². The summed E-state index contributed by atoms with van der Waals surface area (Å²) in [5, 5.41) is 0. The van der Waals surface area contributed by atoms with E-state index in [1.165, 1.54) is 32.3 Å². The molecule has 0 unspecified atom stereocenters. The summed E-state index contributed by atoms with van der Waals surface area (Å²) in [4.78, 5) is 0.143. The number of anilines is 1. The monoisotopic (exact) mass is 306 g/mol. The minimum atomic E-state index is -3.52. The normalized spacial score (nSPS) is 11.6. The van der Waals surface area contributed by atoms with E-state index < -0.39 is 10.0 Å². The summed E-state index contributed by atoms with van der Waals surface area (Å²) in [5.74, 6) is 0.935. The topological polar surface area (TPSA) is 72.6 Å². The summed E-state index contributed by atoms with van der Waals surface area (Å²) in [6, 6.07) is 11.9. The van der Waals surface area contributed by atoms with Gasteiger partial charge in [0.15, 0.2) is 5.75 Å². The summed E-state index contributed by atoms with van der Waals surface area (Å²) in [7, 11) is -0.561. The van der Waals surface area contributed by atoms with Gasteiger partial charge in [-0.3, -0.25) is 0 Å². The molecule has 112 valence electrons.